The number of amides is 1. The van der Waals surface area contributed by atoms with Crippen molar-refractivity contribution in [3.63, 3.8) is 0 Å². The van der Waals surface area contributed by atoms with Gasteiger partial charge in [0.15, 0.2) is 12.3 Å². The zero-order valence-corrected chi connectivity index (χ0v) is 15.6. The average molecular weight is 370 g/mol. The summed E-state index contributed by atoms with van der Waals surface area (Å²) < 4.78 is 7.37. The van der Waals surface area contributed by atoms with Crippen LogP contribution in [0.1, 0.15) is 5.56 Å². The van der Waals surface area contributed by atoms with Gasteiger partial charge in [0.2, 0.25) is 0 Å². The molecule has 0 bridgehead atoms. The van der Waals surface area contributed by atoms with Crippen molar-refractivity contribution in [2.75, 3.05) is 18.6 Å². The third kappa shape index (κ3) is 2.62. The Balaban J connectivity index is 1.64. The number of ether oxygens (including phenoxy) is 1. The lowest BCUT2D eigenvalue weighted by atomic mass is 10.1. The minimum Gasteiger partial charge on any atom is -0.482 e. The van der Waals surface area contributed by atoms with Crippen LogP contribution in [0.25, 0.3) is 28.2 Å². The molecule has 0 saturated heterocycles. The molecule has 1 aliphatic rings. The van der Waals surface area contributed by atoms with Crippen molar-refractivity contribution in [3.05, 3.63) is 66.4 Å². The van der Waals surface area contributed by atoms with E-state index in [4.69, 9.17) is 9.84 Å². The summed E-state index contributed by atoms with van der Waals surface area (Å²) in [5, 5.41) is 4.78. The first kappa shape index (κ1) is 16.5. The molecule has 0 atom stereocenters. The summed E-state index contributed by atoms with van der Waals surface area (Å²) in [5.74, 6) is 0.641. The maximum Gasteiger partial charge on any atom is 0.264 e. The van der Waals surface area contributed by atoms with Gasteiger partial charge in [0.25, 0.3) is 5.91 Å². The Labute approximate surface area is 162 Å². The fraction of sp³-hybridized carbons (Fsp3) is 0.136. The van der Waals surface area contributed by atoms with E-state index in [1.54, 1.807) is 18.1 Å². The van der Waals surface area contributed by atoms with Gasteiger partial charge in [-0.2, -0.15) is 5.10 Å². The minimum absolute atomic E-state index is 0.0646. The number of aromatic nitrogens is 3. The first-order valence-electron chi connectivity index (χ1n) is 9.06. The molecular formula is C22H18N4O2. The predicted octanol–water partition coefficient (Wildman–Crippen LogP) is 3.73. The zero-order chi connectivity index (χ0) is 19.3. The van der Waals surface area contributed by atoms with Gasteiger partial charge in [0.05, 0.1) is 17.1 Å². The topological polar surface area (TPSA) is 59.7 Å². The van der Waals surface area contributed by atoms with Crippen LogP contribution in [0.3, 0.4) is 0 Å². The summed E-state index contributed by atoms with van der Waals surface area (Å²) in [5.41, 5.74) is 6.49. The molecule has 0 radical (unpaired) electrons. The Kier molecular flexibility index (Phi) is 3.65. The van der Waals surface area contributed by atoms with E-state index < -0.39 is 0 Å². The maximum atomic E-state index is 12.0. The Morgan fingerprint density at radius 2 is 1.79 bits per heavy atom. The molecule has 0 spiro atoms. The van der Waals surface area contributed by atoms with Gasteiger partial charge >= 0.3 is 0 Å². The number of aryl methyl sites for hydroxylation is 1. The standard InChI is InChI=1S/C22H18N4O2/c1-14-3-5-15(6-4-14)17-12-21-23-10-9-18(26(21)24-17)16-7-8-20-19(11-16)25(2)22(27)13-28-20/h3-12H,13H2,1-2H3. The number of carbonyl (C=O) groups is 1. The summed E-state index contributed by atoms with van der Waals surface area (Å²) in [6, 6.07) is 18.0. The fourth-order valence-electron chi connectivity index (χ4n) is 3.41. The van der Waals surface area contributed by atoms with Crippen LogP contribution >= 0.6 is 0 Å². The van der Waals surface area contributed by atoms with Crippen molar-refractivity contribution in [1.29, 1.82) is 0 Å². The van der Waals surface area contributed by atoms with Gasteiger partial charge in [-0.3, -0.25) is 4.79 Å². The van der Waals surface area contributed by atoms with Crippen LogP contribution in [-0.2, 0) is 4.79 Å². The van der Waals surface area contributed by atoms with Gasteiger partial charge in [-0.1, -0.05) is 29.8 Å². The molecule has 138 valence electrons. The Morgan fingerprint density at radius 3 is 2.61 bits per heavy atom. The number of hydrogen-bond acceptors (Lipinski definition) is 4. The molecule has 0 N–H and O–H groups in total. The third-order valence-corrected chi connectivity index (χ3v) is 5.05. The second-order valence-electron chi connectivity index (χ2n) is 6.92. The van der Waals surface area contributed by atoms with Crippen LogP contribution < -0.4 is 9.64 Å². The van der Waals surface area contributed by atoms with Gasteiger partial charge in [0, 0.05) is 30.4 Å². The Morgan fingerprint density at radius 1 is 1.00 bits per heavy atom. The van der Waals surface area contributed by atoms with Crippen molar-refractivity contribution in [2.45, 2.75) is 6.92 Å². The lowest BCUT2D eigenvalue weighted by Gasteiger charge is -2.26. The molecule has 0 aliphatic carbocycles. The van der Waals surface area contributed by atoms with E-state index in [0.29, 0.717) is 5.75 Å². The molecule has 6 heteroatoms. The van der Waals surface area contributed by atoms with Crippen LogP contribution in [0, 0.1) is 6.92 Å². The molecular weight excluding hydrogens is 352 g/mol. The first-order valence-corrected chi connectivity index (χ1v) is 9.06. The lowest BCUT2D eigenvalue weighted by molar-refractivity contribution is -0.120. The molecule has 2 aromatic heterocycles. The van der Waals surface area contributed by atoms with E-state index in [1.165, 1.54) is 5.56 Å². The fourth-order valence-corrected chi connectivity index (χ4v) is 3.41. The number of carbonyl (C=O) groups excluding carboxylic acids is 1. The van der Waals surface area contributed by atoms with Crippen LogP contribution in [0.2, 0.25) is 0 Å². The molecule has 4 aromatic rings. The molecule has 6 nitrogen and oxygen atoms in total. The molecule has 2 aromatic carbocycles. The molecule has 0 fully saturated rings. The summed E-state index contributed by atoms with van der Waals surface area (Å²) in [6.45, 7) is 2.14. The van der Waals surface area contributed by atoms with Crippen LogP contribution in [0.15, 0.2) is 60.8 Å². The van der Waals surface area contributed by atoms with E-state index in [0.717, 1.165) is 33.8 Å². The van der Waals surface area contributed by atoms with Gasteiger partial charge in [-0.15, -0.1) is 0 Å². The maximum absolute atomic E-state index is 12.0. The summed E-state index contributed by atoms with van der Waals surface area (Å²) in [7, 11) is 1.76. The number of likely N-dealkylation sites (N-methyl/N-ethyl adjacent to an activating group) is 1. The van der Waals surface area contributed by atoms with Crippen LogP contribution in [-0.4, -0.2) is 34.2 Å². The van der Waals surface area contributed by atoms with E-state index in [9.17, 15) is 4.79 Å². The van der Waals surface area contributed by atoms with Gasteiger partial charge < -0.3 is 9.64 Å². The Bertz CT molecular complexity index is 1210. The highest BCUT2D eigenvalue weighted by atomic mass is 16.5. The molecule has 5 rings (SSSR count). The molecule has 1 aliphatic heterocycles. The number of hydrogen-bond donors (Lipinski definition) is 0. The first-order chi connectivity index (χ1) is 13.6. The number of fused-ring (bicyclic) bond motifs is 2. The van der Waals surface area contributed by atoms with Crippen molar-refractivity contribution in [2.24, 2.45) is 0 Å². The van der Waals surface area contributed by atoms with E-state index >= 15 is 0 Å². The minimum atomic E-state index is -0.0646. The number of rotatable bonds is 2. The third-order valence-electron chi connectivity index (χ3n) is 5.05. The quantitative estimate of drug-likeness (QED) is 0.539. The summed E-state index contributed by atoms with van der Waals surface area (Å²) in [6.07, 6.45) is 1.77. The SMILES string of the molecule is Cc1ccc(-c2cc3nccc(-c4ccc5c(c4)N(C)C(=O)CO5)n3n2)cc1. The highest BCUT2D eigenvalue weighted by Gasteiger charge is 2.23. The van der Waals surface area contributed by atoms with Gasteiger partial charge in [-0.25, -0.2) is 9.50 Å². The molecule has 3 heterocycles. The van der Waals surface area contributed by atoms with E-state index in [-0.39, 0.29) is 12.5 Å². The van der Waals surface area contributed by atoms with Gasteiger partial charge in [0.1, 0.15) is 5.75 Å². The zero-order valence-electron chi connectivity index (χ0n) is 15.6. The number of benzene rings is 2. The molecule has 28 heavy (non-hydrogen) atoms. The molecule has 1 amide bonds. The van der Waals surface area contributed by atoms with Crippen molar-refractivity contribution >= 4 is 17.2 Å². The number of anilines is 1. The second kappa shape index (κ2) is 6.20. The van der Waals surface area contributed by atoms with E-state index in [2.05, 4.69) is 36.2 Å². The Hall–Kier alpha value is -3.67. The van der Waals surface area contributed by atoms with Crippen molar-refractivity contribution in [3.8, 4) is 28.3 Å². The highest BCUT2D eigenvalue weighted by Crippen LogP contribution is 2.35. The highest BCUT2D eigenvalue weighted by molar-refractivity contribution is 5.98. The second-order valence-corrected chi connectivity index (χ2v) is 6.92. The van der Waals surface area contributed by atoms with E-state index in [1.807, 2.05) is 34.8 Å². The monoisotopic (exact) mass is 370 g/mol. The molecule has 0 saturated carbocycles. The number of nitrogens with zero attached hydrogens (tertiary/aromatic N) is 4. The summed E-state index contributed by atoms with van der Waals surface area (Å²) >= 11 is 0. The summed E-state index contributed by atoms with van der Waals surface area (Å²) in [4.78, 5) is 18.1. The average Bonchev–Trinajstić information content (AvgIpc) is 3.15. The normalized spacial score (nSPS) is 13.5. The largest absolute Gasteiger partial charge is 0.482 e. The lowest BCUT2D eigenvalue weighted by Crippen LogP contribution is -2.35. The predicted molar refractivity (Wildman–Crippen MR) is 108 cm³/mol. The van der Waals surface area contributed by atoms with Gasteiger partial charge in [-0.05, 0) is 31.2 Å². The van der Waals surface area contributed by atoms with Crippen LogP contribution in [0.5, 0.6) is 5.75 Å². The van der Waals surface area contributed by atoms with Crippen molar-refractivity contribution in [1.82, 2.24) is 14.6 Å². The smallest absolute Gasteiger partial charge is 0.264 e. The van der Waals surface area contributed by atoms with Crippen molar-refractivity contribution < 1.29 is 9.53 Å². The molecule has 0 unspecified atom stereocenters. The van der Waals surface area contributed by atoms with Crippen LogP contribution in [0.4, 0.5) is 5.69 Å².